The van der Waals surface area contributed by atoms with E-state index in [1.54, 1.807) is 24.3 Å². The number of carbonyl (C=O) groups excluding carboxylic acids is 2. The number of fused-ring (bicyclic) bond motifs is 1. The molecule has 2 aromatic carbocycles. The zero-order chi connectivity index (χ0) is 25.3. The number of nitro benzene ring substituents is 1. The quantitative estimate of drug-likeness (QED) is 0.383. The average molecular weight is 469 g/mol. The lowest BCUT2D eigenvalue weighted by Crippen LogP contribution is -2.47. The van der Waals surface area contributed by atoms with Gasteiger partial charge in [-0.2, -0.15) is 10.5 Å². The number of nitriles is 2. The van der Waals surface area contributed by atoms with Crippen molar-refractivity contribution >= 4 is 17.4 Å². The van der Waals surface area contributed by atoms with E-state index >= 15 is 0 Å². The van der Waals surface area contributed by atoms with Crippen molar-refractivity contribution in [3.8, 4) is 17.9 Å². The number of ketones is 1. The Labute approximate surface area is 200 Å². The number of hydrogen-bond donors (Lipinski definition) is 1. The van der Waals surface area contributed by atoms with Crippen molar-refractivity contribution in [3.05, 3.63) is 93.7 Å². The number of allylic oxidation sites excluding steroid dienone is 2. The van der Waals surface area contributed by atoms with Crippen LogP contribution in [0.25, 0.3) is 0 Å². The molecule has 35 heavy (non-hydrogen) atoms. The fourth-order valence-electron chi connectivity index (χ4n) is 4.87. The number of Topliss-reactive ketones (excluding diaryl/α,β-unsaturated/α-hetero) is 1. The first-order valence-corrected chi connectivity index (χ1v) is 10.5. The number of amides is 1. The van der Waals surface area contributed by atoms with Crippen molar-refractivity contribution < 1.29 is 19.2 Å². The summed E-state index contributed by atoms with van der Waals surface area (Å²) in [6, 6.07) is 13.7. The van der Waals surface area contributed by atoms with Crippen LogP contribution in [0.4, 0.5) is 5.69 Å². The topological polar surface area (TPSA) is 163 Å². The Kier molecular flexibility index (Phi) is 5.81. The van der Waals surface area contributed by atoms with Gasteiger partial charge in [-0.3, -0.25) is 19.7 Å². The number of nitrogens with two attached hydrogens (primary N) is 1. The molecule has 4 atom stereocenters. The molecule has 0 aromatic heterocycles. The van der Waals surface area contributed by atoms with Crippen molar-refractivity contribution in [1.29, 1.82) is 10.5 Å². The van der Waals surface area contributed by atoms with Gasteiger partial charge in [0, 0.05) is 29.8 Å². The summed E-state index contributed by atoms with van der Waals surface area (Å²) in [7, 11) is 1.49. The monoisotopic (exact) mass is 469 g/mol. The van der Waals surface area contributed by atoms with Gasteiger partial charge in [0.1, 0.15) is 17.9 Å². The maximum Gasteiger partial charge on any atom is 0.269 e. The van der Waals surface area contributed by atoms with Crippen molar-refractivity contribution in [2.75, 3.05) is 7.11 Å². The maximum atomic E-state index is 13.9. The predicted molar refractivity (Wildman–Crippen MR) is 123 cm³/mol. The largest absolute Gasteiger partial charge is 0.497 e. The highest BCUT2D eigenvalue weighted by Crippen LogP contribution is 2.54. The average Bonchev–Trinajstić information content (AvgIpc) is 3.18. The van der Waals surface area contributed by atoms with Crippen LogP contribution in [0.3, 0.4) is 0 Å². The fraction of sp³-hybridized carbons (Fsp3) is 0.200. The molecule has 2 aromatic rings. The molecule has 4 rings (SSSR count). The van der Waals surface area contributed by atoms with Gasteiger partial charge in [-0.05, 0) is 35.9 Å². The molecule has 0 bridgehead atoms. The first-order chi connectivity index (χ1) is 16.8. The number of nitrogens with zero attached hydrogens (tertiary/aromatic N) is 4. The summed E-state index contributed by atoms with van der Waals surface area (Å²) >= 11 is 0. The van der Waals surface area contributed by atoms with Crippen LogP contribution in [-0.4, -0.2) is 40.7 Å². The standard InChI is InChI=1S/C25H19N5O5/c1-35-19-8-6-16(7-9-19)23(31)22-21(17-3-2-4-18(11-17)30(33)34)25(14-27,24(28)32)20-10-5-15(12-26)13-29(20)22/h2-11,13,20-22H,1H3,(H2,28,32)/t20?,21-,22+,25-/m0/s1. The Bertz CT molecular complexity index is 1370. The number of methoxy groups -OCH3 is 1. The van der Waals surface area contributed by atoms with Gasteiger partial charge in [0.25, 0.3) is 5.69 Å². The SMILES string of the molecule is COc1ccc(C(=O)[C@H]2[C@H](c3cccc([N+](=O)[O-])c3)[C@@](C#N)(C(N)=O)C3C=CC(C#N)=CN32)cc1. The minimum Gasteiger partial charge on any atom is -0.497 e. The van der Waals surface area contributed by atoms with Crippen LogP contribution in [-0.2, 0) is 4.79 Å². The molecular formula is C25H19N5O5. The van der Waals surface area contributed by atoms with Gasteiger partial charge in [-0.1, -0.05) is 18.2 Å². The van der Waals surface area contributed by atoms with Gasteiger partial charge in [0.15, 0.2) is 11.2 Å². The molecule has 2 aliphatic rings. The highest BCUT2D eigenvalue weighted by atomic mass is 16.6. The van der Waals surface area contributed by atoms with Gasteiger partial charge in [0.2, 0.25) is 5.91 Å². The molecule has 1 unspecified atom stereocenters. The summed E-state index contributed by atoms with van der Waals surface area (Å²) in [5.41, 5.74) is 4.32. The summed E-state index contributed by atoms with van der Waals surface area (Å²) in [6.07, 6.45) is 4.38. The molecule has 0 radical (unpaired) electrons. The van der Waals surface area contributed by atoms with E-state index in [0.29, 0.717) is 5.75 Å². The second-order valence-corrected chi connectivity index (χ2v) is 8.16. The molecule has 0 saturated carbocycles. The van der Waals surface area contributed by atoms with Crippen LogP contribution < -0.4 is 10.5 Å². The Balaban J connectivity index is 1.98. The third kappa shape index (κ3) is 3.58. The van der Waals surface area contributed by atoms with E-state index < -0.39 is 40.0 Å². The fourth-order valence-corrected chi connectivity index (χ4v) is 4.87. The van der Waals surface area contributed by atoms with Gasteiger partial charge < -0.3 is 15.4 Å². The number of benzene rings is 2. The summed E-state index contributed by atoms with van der Waals surface area (Å²) < 4.78 is 5.15. The molecule has 0 aliphatic carbocycles. The lowest BCUT2D eigenvalue weighted by Gasteiger charge is -2.31. The first-order valence-electron chi connectivity index (χ1n) is 10.5. The number of rotatable bonds is 6. The number of nitro groups is 1. The summed E-state index contributed by atoms with van der Waals surface area (Å²) in [5, 5.41) is 31.3. The highest BCUT2D eigenvalue weighted by molar-refractivity contribution is 6.03. The van der Waals surface area contributed by atoms with E-state index in [1.807, 2.05) is 12.1 Å². The molecule has 0 spiro atoms. The smallest absolute Gasteiger partial charge is 0.269 e. The Morgan fingerprint density at radius 1 is 1.20 bits per heavy atom. The molecule has 2 aliphatic heterocycles. The second-order valence-electron chi connectivity index (χ2n) is 8.16. The van der Waals surface area contributed by atoms with Crippen LogP contribution in [0.15, 0.2) is 72.5 Å². The molecule has 10 heteroatoms. The molecule has 1 fully saturated rings. The second kappa shape index (κ2) is 8.76. The zero-order valence-corrected chi connectivity index (χ0v) is 18.5. The Hall–Kier alpha value is -4.96. The molecular weight excluding hydrogens is 450 g/mol. The third-order valence-electron chi connectivity index (χ3n) is 6.47. The number of hydrogen-bond acceptors (Lipinski definition) is 8. The van der Waals surface area contributed by atoms with E-state index in [2.05, 4.69) is 0 Å². The first kappa shape index (κ1) is 23.2. The summed E-state index contributed by atoms with van der Waals surface area (Å²) in [6.45, 7) is 0. The van der Waals surface area contributed by atoms with E-state index in [9.17, 15) is 30.2 Å². The van der Waals surface area contributed by atoms with Crippen molar-refractivity contribution in [2.24, 2.45) is 11.1 Å². The Morgan fingerprint density at radius 3 is 2.49 bits per heavy atom. The van der Waals surface area contributed by atoms with Crippen LogP contribution in [0.5, 0.6) is 5.75 Å². The number of carbonyl (C=O) groups is 2. The van der Waals surface area contributed by atoms with Crippen LogP contribution >= 0.6 is 0 Å². The van der Waals surface area contributed by atoms with Gasteiger partial charge in [0.05, 0.1) is 29.7 Å². The third-order valence-corrected chi connectivity index (χ3v) is 6.47. The molecule has 1 amide bonds. The van der Waals surface area contributed by atoms with Crippen molar-refractivity contribution in [3.63, 3.8) is 0 Å². The molecule has 2 N–H and O–H groups in total. The number of non-ortho nitro benzene ring substituents is 1. The van der Waals surface area contributed by atoms with Crippen molar-refractivity contribution in [2.45, 2.75) is 18.0 Å². The van der Waals surface area contributed by atoms with Crippen LogP contribution in [0.1, 0.15) is 21.8 Å². The summed E-state index contributed by atoms with van der Waals surface area (Å²) in [4.78, 5) is 39.2. The lowest BCUT2D eigenvalue weighted by atomic mass is 9.67. The zero-order valence-electron chi connectivity index (χ0n) is 18.5. The lowest BCUT2D eigenvalue weighted by molar-refractivity contribution is -0.384. The minimum absolute atomic E-state index is 0.213. The maximum absolute atomic E-state index is 13.9. The van der Waals surface area contributed by atoms with E-state index in [0.717, 1.165) is 0 Å². The van der Waals surface area contributed by atoms with E-state index in [4.69, 9.17) is 10.5 Å². The van der Waals surface area contributed by atoms with Gasteiger partial charge in [-0.25, -0.2) is 0 Å². The van der Waals surface area contributed by atoms with Gasteiger partial charge >= 0.3 is 0 Å². The molecule has 1 saturated heterocycles. The Morgan fingerprint density at radius 2 is 1.91 bits per heavy atom. The molecule has 10 nitrogen and oxygen atoms in total. The van der Waals surface area contributed by atoms with E-state index in [1.165, 1.54) is 54.6 Å². The predicted octanol–water partition coefficient (Wildman–Crippen LogP) is 2.60. The highest BCUT2D eigenvalue weighted by Gasteiger charge is 2.65. The van der Waals surface area contributed by atoms with Crippen LogP contribution in [0.2, 0.25) is 0 Å². The van der Waals surface area contributed by atoms with E-state index in [-0.39, 0.29) is 22.4 Å². The van der Waals surface area contributed by atoms with Gasteiger partial charge in [-0.15, -0.1) is 0 Å². The minimum atomic E-state index is -1.95. The molecule has 2 heterocycles. The van der Waals surface area contributed by atoms with Crippen molar-refractivity contribution in [1.82, 2.24) is 4.90 Å². The number of ether oxygens (including phenoxy) is 1. The number of primary amides is 1. The summed E-state index contributed by atoms with van der Waals surface area (Å²) in [5.74, 6) is -2.06. The van der Waals surface area contributed by atoms with Crippen LogP contribution in [0, 0.1) is 38.2 Å². The normalized spacial score (nSPS) is 24.5. The molecule has 174 valence electrons.